The van der Waals surface area contributed by atoms with Gasteiger partial charge in [0.25, 0.3) is 11.5 Å². The van der Waals surface area contributed by atoms with Crippen molar-refractivity contribution < 1.29 is 9.59 Å². The fraction of sp³-hybridized carbons (Fsp3) is 0.148. The van der Waals surface area contributed by atoms with E-state index in [0.717, 1.165) is 28.3 Å². The number of aryl methyl sites for hydroxylation is 1. The molecule has 0 fully saturated rings. The van der Waals surface area contributed by atoms with Crippen LogP contribution < -0.4 is 10.9 Å². The van der Waals surface area contributed by atoms with Crippen molar-refractivity contribution in [2.24, 2.45) is 0 Å². The van der Waals surface area contributed by atoms with Crippen LogP contribution in [0.25, 0.3) is 10.9 Å². The number of nitrogens with zero attached hydrogens (tertiary/aromatic N) is 1. The molecule has 1 atom stereocenters. The lowest BCUT2D eigenvalue weighted by Crippen LogP contribution is -2.44. The van der Waals surface area contributed by atoms with Gasteiger partial charge in [0.15, 0.2) is 0 Å². The molecule has 0 bridgehead atoms. The number of nitrogens with one attached hydrogen (secondary N) is 1. The number of thioether (sulfide) groups is 1. The molecule has 7 heteroatoms. The van der Waals surface area contributed by atoms with E-state index in [1.807, 2.05) is 55.5 Å². The van der Waals surface area contributed by atoms with Gasteiger partial charge in [0.05, 0.1) is 12.1 Å². The summed E-state index contributed by atoms with van der Waals surface area (Å²) in [4.78, 5) is 39.0. The second-order valence-electron chi connectivity index (χ2n) is 7.91. The molecule has 3 aromatic carbocycles. The highest BCUT2D eigenvalue weighted by atomic mass is 35.5. The number of carbonyl (C=O) groups excluding carboxylic acids is 2. The second kappa shape index (κ2) is 10.7. The van der Waals surface area contributed by atoms with Crippen molar-refractivity contribution in [3.8, 4) is 0 Å². The third-order valence-electron chi connectivity index (χ3n) is 5.59. The summed E-state index contributed by atoms with van der Waals surface area (Å²) in [5.41, 5.74) is 3.00. The van der Waals surface area contributed by atoms with Crippen LogP contribution in [0.1, 0.15) is 21.5 Å². The standard InChI is InChI=1S/C27H23ClN2O3S/c1-18-6-2-3-8-21(18)17-34-27(33)23(29-26(32)20-10-13-22(28)14-11-20)16-30-24-9-5-4-7-19(24)12-15-25(30)31/h2-15,23H,16-17H2,1H3,(H,29,32). The quantitative estimate of drug-likeness (QED) is 0.385. The minimum absolute atomic E-state index is 0.0269. The van der Waals surface area contributed by atoms with Crippen LogP contribution in [-0.4, -0.2) is 21.6 Å². The second-order valence-corrected chi connectivity index (χ2v) is 9.32. The van der Waals surface area contributed by atoms with Gasteiger partial charge in [-0.3, -0.25) is 14.4 Å². The molecule has 1 amide bonds. The Kier molecular flexibility index (Phi) is 7.50. The summed E-state index contributed by atoms with van der Waals surface area (Å²) in [6.07, 6.45) is 0. The lowest BCUT2D eigenvalue weighted by atomic mass is 10.1. The zero-order valence-corrected chi connectivity index (χ0v) is 20.1. The van der Waals surface area contributed by atoms with Crippen molar-refractivity contribution in [2.75, 3.05) is 0 Å². The molecule has 0 aliphatic rings. The summed E-state index contributed by atoms with van der Waals surface area (Å²) in [6.45, 7) is 2.02. The minimum atomic E-state index is -0.902. The molecule has 4 aromatic rings. The summed E-state index contributed by atoms with van der Waals surface area (Å²) in [5.74, 6) is 0.0725. The van der Waals surface area contributed by atoms with E-state index in [4.69, 9.17) is 11.6 Å². The van der Waals surface area contributed by atoms with Crippen LogP contribution in [0.5, 0.6) is 0 Å². The van der Waals surface area contributed by atoms with Gasteiger partial charge in [-0.2, -0.15) is 0 Å². The van der Waals surface area contributed by atoms with E-state index in [0.29, 0.717) is 21.9 Å². The predicted octanol–water partition coefficient (Wildman–Crippen LogP) is 5.22. The molecule has 0 spiro atoms. The van der Waals surface area contributed by atoms with Gasteiger partial charge < -0.3 is 9.88 Å². The Bertz CT molecular complexity index is 1400. The number of benzene rings is 3. The Morgan fingerprint density at radius 3 is 2.41 bits per heavy atom. The Balaban J connectivity index is 1.62. The molecule has 34 heavy (non-hydrogen) atoms. The summed E-state index contributed by atoms with van der Waals surface area (Å²) < 4.78 is 1.54. The van der Waals surface area contributed by atoms with Gasteiger partial charge in [0, 0.05) is 22.4 Å². The lowest BCUT2D eigenvalue weighted by Gasteiger charge is -2.20. The Morgan fingerprint density at radius 1 is 0.941 bits per heavy atom. The summed E-state index contributed by atoms with van der Waals surface area (Å²) in [6, 6.07) is 24.1. The van der Waals surface area contributed by atoms with E-state index >= 15 is 0 Å². The van der Waals surface area contributed by atoms with Crippen LogP contribution in [0, 0.1) is 6.92 Å². The molecule has 0 aliphatic carbocycles. The minimum Gasteiger partial charge on any atom is -0.339 e. The van der Waals surface area contributed by atoms with Crippen LogP contribution in [0.3, 0.4) is 0 Å². The van der Waals surface area contributed by atoms with E-state index in [1.54, 1.807) is 30.3 Å². The molecular weight excluding hydrogens is 468 g/mol. The largest absolute Gasteiger partial charge is 0.339 e. The number of pyridine rings is 1. The van der Waals surface area contributed by atoms with Crippen LogP contribution in [0.4, 0.5) is 0 Å². The fourth-order valence-corrected chi connectivity index (χ4v) is 4.74. The maximum atomic E-state index is 13.3. The first-order valence-electron chi connectivity index (χ1n) is 10.8. The monoisotopic (exact) mass is 490 g/mol. The molecule has 0 saturated heterocycles. The third-order valence-corrected chi connectivity index (χ3v) is 6.87. The molecule has 5 nitrogen and oxygen atoms in total. The molecule has 172 valence electrons. The summed E-state index contributed by atoms with van der Waals surface area (Å²) >= 11 is 7.07. The van der Waals surface area contributed by atoms with Crippen LogP contribution in [0.2, 0.25) is 5.02 Å². The molecule has 1 N–H and O–H groups in total. The average molecular weight is 491 g/mol. The van der Waals surface area contributed by atoms with Crippen molar-refractivity contribution in [1.82, 2.24) is 9.88 Å². The first-order valence-corrected chi connectivity index (χ1v) is 12.1. The first kappa shape index (κ1) is 23.8. The Hall–Kier alpha value is -3.35. The SMILES string of the molecule is Cc1ccccc1CSC(=O)C(Cn1c(=O)ccc2ccccc21)NC(=O)c1ccc(Cl)cc1. The van der Waals surface area contributed by atoms with E-state index in [9.17, 15) is 14.4 Å². The zero-order valence-electron chi connectivity index (χ0n) is 18.5. The molecule has 1 heterocycles. The number of halogens is 1. The Labute approximate surface area is 206 Å². The number of hydrogen-bond donors (Lipinski definition) is 1. The smallest absolute Gasteiger partial charge is 0.251 e. The highest BCUT2D eigenvalue weighted by molar-refractivity contribution is 8.13. The van der Waals surface area contributed by atoms with E-state index in [2.05, 4.69) is 5.32 Å². The first-order chi connectivity index (χ1) is 16.4. The van der Waals surface area contributed by atoms with Crippen molar-refractivity contribution in [3.05, 3.63) is 117 Å². The number of aromatic nitrogens is 1. The van der Waals surface area contributed by atoms with Crippen molar-refractivity contribution in [3.63, 3.8) is 0 Å². The number of amides is 1. The van der Waals surface area contributed by atoms with Gasteiger partial charge in [-0.1, -0.05) is 65.8 Å². The molecule has 0 saturated carbocycles. The normalized spacial score (nSPS) is 11.8. The molecular formula is C27H23ClN2O3S. The Morgan fingerprint density at radius 2 is 1.65 bits per heavy atom. The maximum absolute atomic E-state index is 13.3. The van der Waals surface area contributed by atoms with Crippen LogP contribution in [-0.2, 0) is 17.1 Å². The zero-order chi connectivity index (χ0) is 24.1. The number of carbonyl (C=O) groups is 2. The summed E-state index contributed by atoms with van der Waals surface area (Å²) in [5, 5.41) is 4.01. The van der Waals surface area contributed by atoms with Gasteiger partial charge in [0.2, 0.25) is 5.12 Å². The topological polar surface area (TPSA) is 68.2 Å². The van der Waals surface area contributed by atoms with Crippen LogP contribution >= 0.6 is 23.4 Å². The predicted molar refractivity (Wildman–Crippen MR) is 138 cm³/mol. The van der Waals surface area contributed by atoms with E-state index in [1.165, 1.54) is 10.6 Å². The van der Waals surface area contributed by atoms with E-state index < -0.39 is 11.9 Å². The van der Waals surface area contributed by atoms with Crippen LogP contribution in [0.15, 0.2) is 89.7 Å². The number of hydrogen-bond acceptors (Lipinski definition) is 4. The van der Waals surface area contributed by atoms with Gasteiger partial charge >= 0.3 is 0 Å². The number of rotatable bonds is 7. The molecule has 1 unspecified atom stereocenters. The average Bonchev–Trinajstić information content (AvgIpc) is 2.84. The van der Waals surface area contributed by atoms with Crippen molar-refractivity contribution in [1.29, 1.82) is 0 Å². The fourth-order valence-electron chi connectivity index (χ4n) is 3.66. The van der Waals surface area contributed by atoms with Gasteiger partial charge in [-0.25, -0.2) is 0 Å². The molecule has 1 aromatic heterocycles. The maximum Gasteiger partial charge on any atom is 0.251 e. The summed E-state index contributed by atoms with van der Waals surface area (Å²) in [7, 11) is 0. The number of para-hydroxylation sites is 1. The number of fused-ring (bicyclic) bond motifs is 1. The highest BCUT2D eigenvalue weighted by Crippen LogP contribution is 2.20. The lowest BCUT2D eigenvalue weighted by molar-refractivity contribution is -0.112. The third kappa shape index (κ3) is 5.58. The van der Waals surface area contributed by atoms with E-state index in [-0.39, 0.29) is 17.2 Å². The van der Waals surface area contributed by atoms with Gasteiger partial charge in [-0.15, -0.1) is 0 Å². The van der Waals surface area contributed by atoms with Crippen molar-refractivity contribution >= 4 is 45.3 Å². The van der Waals surface area contributed by atoms with Crippen molar-refractivity contribution in [2.45, 2.75) is 25.3 Å². The molecule has 0 aliphatic heterocycles. The molecule has 0 radical (unpaired) electrons. The van der Waals surface area contributed by atoms with Gasteiger partial charge in [-0.05, 0) is 59.8 Å². The van der Waals surface area contributed by atoms with Gasteiger partial charge in [0.1, 0.15) is 6.04 Å². The highest BCUT2D eigenvalue weighted by Gasteiger charge is 2.24. The molecule has 4 rings (SSSR count).